The molecule has 26 heavy (non-hydrogen) atoms. The van der Waals surface area contributed by atoms with Crippen LogP contribution in [0.3, 0.4) is 0 Å². The lowest BCUT2D eigenvalue weighted by atomic mass is 10.1. The number of amides is 2. The lowest BCUT2D eigenvalue weighted by Crippen LogP contribution is -2.65. The monoisotopic (exact) mass is 366 g/mol. The summed E-state index contributed by atoms with van der Waals surface area (Å²) < 4.78 is 50.7. The maximum absolute atomic E-state index is 13.6. The first-order valence-corrected chi connectivity index (χ1v) is 7.82. The SMILES string of the molecule is Cc1cc(C)c(NC(=O)NC2(C(F)(F)F)Oc3ccccc3O2)c(C)c1. The van der Waals surface area contributed by atoms with Gasteiger partial charge in [-0.3, -0.25) is 5.32 Å². The first-order valence-electron chi connectivity index (χ1n) is 7.82. The molecule has 0 bridgehead atoms. The molecule has 1 aliphatic heterocycles. The molecular formula is C18H17F3N2O3. The number of carbonyl (C=O) groups excluding carboxylic acids is 1. The maximum atomic E-state index is 13.6. The highest BCUT2D eigenvalue weighted by Gasteiger charge is 2.65. The molecular weight excluding hydrogens is 349 g/mol. The summed E-state index contributed by atoms with van der Waals surface area (Å²) in [7, 11) is 0. The van der Waals surface area contributed by atoms with E-state index >= 15 is 0 Å². The molecule has 3 rings (SSSR count). The van der Waals surface area contributed by atoms with Crippen LogP contribution >= 0.6 is 0 Å². The predicted molar refractivity (Wildman–Crippen MR) is 89.3 cm³/mol. The fraction of sp³-hybridized carbons (Fsp3) is 0.278. The Hall–Kier alpha value is -2.90. The van der Waals surface area contributed by atoms with E-state index in [0.717, 1.165) is 16.7 Å². The highest BCUT2D eigenvalue weighted by Crippen LogP contribution is 2.44. The van der Waals surface area contributed by atoms with Gasteiger partial charge in [0.1, 0.15) is 0 Å². The van der Waals surface area contributed by atoms with E-state index in [-0.39, 0.29) is 11.5 Å². The highest BCUT2D eigenvalue weighted by molar-refractivity contribution is 5.91. The number of hydrogen-bond donors (Lipinski definition) is 2. The molecule has 138 valence electrons. The number of fused-ring (bicyclic) bond motifs is 1. The number of para-hydroxylation sites is 2. The van der Waals surface area contributed by atoms with Gasteiger partial charge in [0.05, 0.1) is 0 Å². The molecule has 0 unspecified atom stereocenters. The van der Waals surface area contributed by atoms with E-state index in [9.17, 15) is 18.0 Å². The lowest BCUT2D eigenvalue weighted by molar-refractivity contribution is -0.317. The standard InChI is InChI=1S/C18H17F3N2O3/c1-10-8-11(2)15(12(3)9-10)22-16(24)23-18(17(19,20)21)25-13-6-4-5-7-14(13)26-18/h4-9H,1-3H3,(H2,22,23,24). The van der Waals surface area contributed by atoms with Crippen LogP contribution in [-0.4, -0.2) is 18.1 Å². The molecule has 1 aliphatic rings. The number of halogens is 3. The molecule has 2 amide bonds. The predicted octanol–water partition coefficient (Wildman–Crippen LogP) is 4.42. The van der Waals surface area contributed by atoms with Crippen molar-refractivity contribution in [1.82, 2.24) is 5.32 Å². The Kier molecular flexibility index (Phi) is 4.21. The molecule has 0 atom stereocenters. The zero-order valence-electron chi connectivity index (χ0n) is 14.3. The molecule has 2 N–H and O–H groups in total. The third-order valence-electron chi connectivity index (χ3n) is 3.92. The Morgan fingerprint density at radius 1 is 1.00 bits per heavy atom. The van der Waals surface area contributed by atoms with Gasteiger partial charge >= 0.3 is 18.1 Å². The molecule has 2 aromatic carbocycles. The van der Waals surface area contributed by atoms with Crippen molar-refractivity contribution in [3.05, 3.63) is 53.1 Å². The first kappa shape index (κ1) is 17.9. The van der Waals surface area contributed by atoms with Gasteiger partial charge in [-0.2, -0.15) is 13.2 Å². The summed E-state index contributed by atoms with van der Waals surface area (Å²) in [5.41, 5.74) is 2.88. The van der Waals surface area contributed by atoms with E-state index in [1.165, 1.54) is 24.3 Å². The summed E-state index contributed by atoms with van der Waals surface area (Å²) in [5.74, 6) is -3.49. The van der Waals surface area contributed by atoms with Gasteiger partial charge in [0, 0.05) is 5.69 Å². The second-order valence-corrected chi connectivity index (χ2v) is 6.12. The second kappa shape index (κ2) is 6.12. The van der Waals surface area contributed by atoms with Crippen LogP contribution in [0, 0.1) is 20.8 Å². The fourth-order valence-corrected chi connectivity index (χ4v) is 2.86. The van der Waals surface area contributed by atoms with Crippen LogP contribution < -0.4 is 20.1 Å². The Bertz CT molecular complexity index is 817. The molecule has 0 fully saturated rings. The molecule has 2 aromatic rings. The van der Waals surface area contributed by atoms with E-state index in [1.54, 1.807) is 19.2 Å². The van der Waals surface area contributed by atoms with Gasteiger partial charge < -0.3 is 14.8 Å². The number of urea groups is 1. The third-order valence-corrected chi connectivity index (χ3v) is 3.92. The molecule has 5 nitrogen and oxygen atoms in total. The van der Waals surface area contributed by atoms with Crippen molar-refractivity contribution in [2.75, 3.05) is 5.32 Å². The highest BCUT2D eigenvalue weighted by atomic mass is 19.4. The van der Waals surface area contributed by atoms with Gasteiger partial charge in [0.15, 0.2) is 11.5 Å². The summed E-state index contributed by atoms with van der Waals surface area (Å²) in [5, 5.41) is 4.22. The molecule has 0 spiro atoms. The number of rotatable bonds is 2. The van der Waals surface area contributed by atoms with E-state index in [0.29, 0.717) is 5.69 Å². The van der Waals surface area contributed by atoms with Crippen molar-refractivity contribution in [2.24, 2.45) is 0 Å². The number of anilines is 1. The molecule has 0 aromatic heterocycles. The van der Waals surface area contributed by atoms with Gasteiger partial charge in [0.2, 0.25) is 0 Å². The minimum absolute atomic E-state index is 0.104. The molecule has 0 radical (unpaired) electrons. The number of hydrogen-bond acceptors (Lipinski definition) is 3. The Morgan fingerprint density at radius 2 is 1.50 bits per heavy atom. The number of carbonyl (C=O) groups is 1. The average molecular weight is 366 g/mol. The molecule has 1 heterocycles. The van der Waals surface area contributed by atoms with E-state index in [2.05, 4.69) is 5.32 Å². The zero-order valence-corrected chi connectivity index (χ0v) is 14.3. The summed E-state index contributed by atoms with van der Waals surface area (Å²) in [6.45, 7) is 5.40. The van der Waals surface area contributed by atoms with Gasteiger partial charge in [-0.05, 0) is 44.0 Å². The number of ether oxygens (including phenoxy) is 2. The number of benzene rings is 2. The Balaban J connectivity index is 1.85. The summed E-state index contributed by atoms with van der Waals surface area (Å²) >= 11 is 0. The average Bonchev–Trinajstić information content (AvgIpc) is 2.89. The summed E-state index contributed by atoms with van der Waals surface area (Å²) in [6.07, 6.45) is -5.00. The summed E-state index contributed by atoms with van der Waals surface area (Å²) in [4.78, 5) is 12.3. The van der Waals surface area contributed by atoms with Crippen molar-refractivity contribution in [3.8, 4) is 11.5 Å². The fourth-order valence-electron chi connectivity index (χ4n) is 2.86. The van der Waals surface area contributed by atoms with Crippen molar-refractivity contribution < 1.29 is 27.4 Å². The van der Waals surface area contributed by atoms with Gasteiger partial charge in [-0.1, -0.05) is 29.8 Å². The zero-order chi connectivity index (χ0) is 19.1. The van der Waals surface area contributed by atoms with Crippen LogP contribution in [-0.2, 0) is 0 Å². The minimum Gasteiger partial charge on any atom is -0.424 e. The molecule has 0 saturated carbocycles. The molecule has 8 heteroatoms. The number of aryl methyl sites for hydroxylation is 3. The van der Waals surface area contributed by atoms with Crippen molar-refractivity contribution >= 4 is 11.7 Å². The number of nitrogens with one attached hydrogen (secondary N) is 2. The van der Waals surface area contributed by atoms with Gasteiger partial charge in [-0.15, -0.1) is 0 Å². The van der Waals surface area contributed by atoms with Crippen molar-refractivity contribution in [3.63, 3.8) is 0 Å². The van der Waals surface area contributed by atoms with Crippen molar-refractivity contribution in [2.45, 2.75) is 32.9 Å². The lowest BCUT2D eigenvalue weighted by Gasteiger charge is -2.29. The number of alkyl halides is 3. The normalized spacial score (nSPS) is 14.8. The topological polar surface area (TPSA) is 59.6 Å². The third kappa shape index (κ3) is 3.14. The van der Waals surface area contributed by atoms with Gasteiger partial charge in [0.25, 0.3) is 0 Å². The Labute approximate surface area is 148 Å². The maximum Gasteiger partial charge on any atom is 0.492 e. The van der Waals surface area contributed by atoms with Crippen molar-refractivity contribution in [1.29, 1.82) is 0 Å². The van der Waals surface area contributed by atoms with Crippen LogP contribution in [0.5, 0.6) is 11.5 Å². The summed E-state index contributed by atoms with van der Waals surface area (Å²) in [6, 6.07) is 8.22. The van der Waals surface area contributed by atoms with E-state index in [4.69, 9.17) is 9.47 Å². The van der Waals surface area contributed by atoms with Crippen LogP contribution in [0.15, 0.2) is 36.4 Å². The molecule has 0 saturated heterocycles. The van der Waals surface area contributed by atoms with Crippen LogP contribution in [0.25, 0.3) is 0 Å². The Morgan fingerprint density at radius 3 is 1.96 bits per heavy atom. The molecule has 0 aliphatic carbocycles. The minimum atomic E-state index is -5.00. The largest absolute Gasteiger partial charge is 0.492 e. The van der Waals surface area contributed by atoms with Gasteiger partial charge in [-0.25, -0.2) is 4.79 Å². The van der Waals surface area contributed by atoms with Crippen LogP contribution in [0.2, 0.25) is 0 Å². The van der Waals surface area contributed by atoms with E-state index in [1.807, 2.05) is 19.1 Å². The second-order valence-electron chi connectivity index (χ2n) is 6.12. The smallest absolute Gasteiger partial charge is 0.424 e. The first-order chi connectivity index (χ1) is 12.1. The van der Waals surface area contributed by atoms with E-state index < -0.39 is 18.1 Å². The quantitative estimate of drug-likeness (QED) is 0.827. The van der Waals surface area contributed by atoms with Crippen LogP contribution in [0.1, 0.15) is 16.7 Å². The van der Waals surface area contributed by atoms with Crippen LogP contribution in [0.4, 0.5) is 23.7 Å².